The minimum atomic E-state index is -0.515. The monoisotopic (exact) mass is 219 g/mol. The van der Waals surface area contributed by atoms with E-state index in [2.05, 4.69) is 31.0 Å². The summed E-state index contributed by atoms with van der Waals surface area (Å²) in [4.78, 5) is 4.32. The van der Waals surface area contributed by atoms with Gasteiger partial charge in [0.2, 0.25) is 0 Å². The van der Waals surface area contributed by atoms with Crippen LogP contribution in [0.3, 0.4) is 0 Å². The van der Waals surface area contributed by atoms with Gasteiger partial charge in [-0.25, -0.2) is 4.98 Å². The topological polar surface area (TPSA) is 64.1 Å². The number of aliphatic hydroxyl groups is 1. The van der Waals surface area contributed by atoms with Gasteiger partial charge >= 0.3 is 0 Å². The molecule has 2 aromatic rings. The van der Waals surface area contributed by atoms with Gasteiger partial charge in [0.15, 0.2) is 0 Å². The van der Waals surface area contributed by atoms with E-state index < -0.39 is 6.10 Å². The molecule has 0 bridgehead atoms. The summed E-state index contributed by atoms with van der Waals surface area (Å²) >= 11 is 0. The fourth-order valence-corrected chi connectivity index (χ4v) is 1.76. The zero-order chi connectivity index (χ0) is 11.7. The average molecular weight is 219 g/mol. The first-order chi connectivity index (χ1) is 7.61. The number of benzene rings is 1. The van der Waals surface area contributed by atoms with E-state index in [1.54, 1.807) is 6.33 Å². The molecule has 0 fully saturated rings. The Kier molecular flexibility index (Phi) is 2.94. The van der Waals surface area contributed by atoms with Crippen molar-refractivity contribution in [3.8, 4) is 0 Å². The quantitative estimate of drug-likeness (QED) is 0.808. The van der Waals surface area contributed by atoms with Gasteiger partial charge in [0.25, 0.3) is 0 Å². The molecular formula is C12H17N3O. The van der Waals surface area contributed by atoms with Crippen LogP contribution in [0.1, 0.15) is 11.1 Å². The summed E-state index contributed by atoms with van der Waals surface area (Å²) in [5.74, 6) is 0. The predicted octanol–water partition coefficient (Wildman–Crippen LogP) is 0.973. The van der Waals surface area contributed by atoms with Gasteiger partial charge in [-0.05, 0) is 37.1 Å². The number of aryl methyl sites for hydroxylation is 2. The molecule has 0 amide bonds. The fourth-order valence-electron chi connectivity index (χ4n) is 1.76. The van der Waals surface area contributed by atoms with Gasteiger partial charge in [-0.3, -0.25) is 0 Å². The Morgan fingerprint density at radius 1 is 1.38 bits per heavy atom. The van der Waals surface area contributed by atoms with E-state index in [9.17, 15) is 5.11 Å². The van der Waals surface area contributed by atoms with Crippen LogP contribution >= 0.6 is 0 Å². The lowest BCUT2D eigenvalue weighted by atomic mass is 10.1. The molecule has 1 atom stereocenters. The van der Waals surface area contributed by atoms with E-state index in [0.717, 1.165) is 11.0 Å². The number of aliphatic hydroxyl groups excluding tert-OH is 1. The maximum absolute atomic E-state index is 9.54. The van der Waals surface area contributed by atoms with Gasteiger partial charge in [0.05, 0.1) is 30.0 Å². The number of aromatic nitrogens is 2. The second-order valence-electron chi connectivity index (χ2n) is 4.21. The smallest absolute Gasteiger partial charge is 0.0959 e. The molecule has 0 radical (unpaired) electrons. The van der Waals surface area contributed by atoms with Crippen LogP contribution in [0.5, 0.6) is 0 Å². The van der Waals surface area contributed by atoms with Crippen molar-refractivity contribution in [1.29, 1.82) is 0 Å². The average Bonchev–Trinajstić information content (AvgIpc) is 2.62. The van der Waals surface area contributed by atoms with Gasteiger partial charge < -0.3 is 15.4 Å². The lowest BCUT2D eigenvalue weighted by Gasteiger charge is -2.10. The molecule has 4 heteroatoms. The predicted molar refractivity (Wildman–Crippen MR) is 64.3 cm³/mol. The number of imidazole rings is 1. The number of rotatable bonds is 3. The van der Waals surface area contributed by atoms with Crippen LogP contribution < -0.4 is 5.73 Å². The summed E-state index contributed by atoms with van der Waals surface area (Å²) in [5, 5.41) is 9.54. The highest BCUT2D eigenvalue weighted by atomic mass is 16.3. The highest BCUT2D eigenvalue weighted by Gasteiger charge is 2.08. The van der Waals surface area contributed by atoms with E-state index in [0.29, 0.717) is 6.54 Å². The lowest BCUT2D eigenvalue weighted by Crippen LogP contribution is -2.24. The molecule has 1 aromatic carbocycles. The van der Waals surface area contributed by atoms with Crippen molar-refractivity contribution in [2.24, 2.45) is 5.73 Å². The lowest BCUT2D eigenvalue weighted by molar-refractivity contribution is 0.163. The van der Waals surface area contributed by atoms with Crippen molar-refractivity contribution in [1.82, 2.24) is 9.55 Å². The van der Waals surface area contributed by atoms with E-state index >= 15 is 0 Å². The Morgan fingerprint density at radius 2 is 2.06 bits per heavy atom. The SMILES string of the molecule is Cc1cc2ncn(C[C@H](O)CN)c2cc1C. The summed E-state index contributed by atoms with van der Waals surface area (Å²) in [6.45, 7) is 4.91. The molecule has 86 valence electrons. The largest absolute Gasteiger partial charge is 0.390 e. The van der Waals surface area contributed by atoms with Crippen molar-refractivity contribution in [2.75, 3.05) is 6.54 Å². The summed E-state index contributed by atoms with van der Waals surface area (Å²) in [6.07, 6.45) is 1.24. The van der Waals surface area contributed by atoms with Gasteiger partial charge in [0.1, 0.15) is 0 Å². The minimum Gasteiger partial charge on any atom is -0.390 e. The molecule has 0 spiro atoms. The van der Waals surface area contributed by atoms with Crippen LogP contribution in [-0.2, 0) is 6.54 Å². The molecule has 0 saturated heterocycles. The second-order valence-corrected chi connectivity index (χ2v) is 4.21. The number of nitrogens with zero attached hydrogens (tertiary/aromatic N) is 2. The molecule has 1 heterocycles. The summed E-state index contributed by atoms with van der Waals surface area (Å²) in [7, 11) is 0. The highest BCUT2D eigenvalue weighted by molar-refractivity contribution is 5.77. The Hall–Kier alpha value is -1.39. The van der Waals surface area contributed by atoms with Crippen LogP contribution in [0.15, 0.2) is 18.5 Å². The van der Waals surface area contributed by atoms with Gasteiger partial charge in [-0.1, -0.05) is 0 Å². The normalized spacial score (nSPS) is 13.2. The maximum atomic E-state index is 9.54. The van der Waals surface area contributed by atoms with Crippen molar-refractivity contribution in [3.63, 3.8) is 0 Å². The molecule has 0 aliphatic rings. The van der Waals surface area contributed by atoms with E-state index in [4.69, 9.17) is 5.73 Å². The number of fused-ring (bicyclic) bond motifs is 1. The van der Waals surface area contributed by atoms with Crippen molar-refractivity contribution >= 4 is 11.0 Å². The number of nitrogens with two attached hydrogens (primary N) is 1. The second kappa shape index (κ2) is 4.23. The zero-order valence-electron chi connectivity index (χ0n) is 9.64. The molecule has 4 nitrogen and oxygen atoms in total. The molecule has 16 heavy (non-hydrogen) atoms. The molecule has 0 aliphatic carbocycles. The molecule has 2 rings (SSSR count). The Bertz CT molecular complexity index is 504. The Morgan fingerprint density at radius 3 is 2.75 bits per heavy atom. The minimum absolute atomic E-state index is 0.268. The van der Waals surface area contributed by atoms with Gasteiger partial charge in [-0.15, -0.1) is 0 Å². The third-order valence-corrected chi connectivity index (χ3v) is 2.92. The van der Waals surface area contributed by atoms with Crippen molar-refractivity contribution in [2.45, 2.75) is 26.5 Å². The Balaban J connectivity index is 2.44. The third kappa shape index (κ3) is 1.94. The molecule has 0 unspecified atom stereocenters. The highest BCUT2D eigenvalue weighted by Crippen LogP contribution is 2.18. The fraction of sp³-hybridized carbons (Fsp3) is 0.417. The van der Waals surface area contributed by atoms with Gasteiger partial charge in [0, 0.05) is 6.54 Å². The standard InChI is InChI=1S/C12H17N3O/c1-8-3-11-12(4-9(8)2)15(7-14-11)6-10(16)5-13/h3-4,7,10,16H,5-6,13H2,1-2H3/t10-/m1/s1. The zero-order valence-corrected chi connectivity index (χ0v) is 9.64. The first-order valence-corrected chi connectivity index (χ1v) is 5.42. The number of hydrogen-bond donors (Lipinski definition) is 2. The molecule has 0 aliphatic heterocycles. The summed E-state index contributed by atoms with van der Waals surface area (Å²) in [5.41, 5.74) is 9.89. The first kappa shape index (κ1) is 11.1. The summed E-state index contributed by atoms with van der Waals surface area (Å²) < 4.78 is 1.94. The van der Waals surface area contributed by atoms with Crippen LogP contribution in [0.2, 0.25) is 0 Å². The van der Waals surface area contributed by atoms with Crippen molar-refractivity contribution < 1.29 is 5.11 Å². The first-order valence-electron chi connectivity index (χ1n) is 5.42. The molecular weight excluding hydrogens is 202 g/mol. The third-order valence-electron chi connectivity index (χ3n) is 2.92. The summed E-state index contributed by atoms with van der Waals surface area (Å²) in [6, 6.07) is 4.16. The van der Waals surface area contributed by atoms with Crippen molar-refractivity contribution in [3.05, 3.63) is 29.6 Å². The van der Waals surface area contributed by atoms with E-state index in [-0.39, 0.29) is 6.54 Å². The van der Waals surface area contributed by atoms with Crippen LogP contribution in [0.25, 0.3) is 11.0 Å². The van der Waals surface area contributed by atoms with E-state index in [1.165, 1.54) is 11.1 Å². The van der Waals surface area contributed by atoms with Crippen LogP contribution in [0.4, 0.5) is 0 Å². The molecule has 1 aromatic heterocycles. The van der Waals surface area contributed by atoms with Crippen LogP contribution in [0, 0.1) is 13.8 Å². The molecule has 3 N–H and O–H groups in total. The maximum Gasteiger partial charge on any atom is 0.0959 e. The van der Waals surface area contributed by atoms with Crippen LogP contribution in [-0.4, -0.2) is 27.3 Å². The molecule has 0 saturated carbocycles. The van der Waals surface area contributed by atoms with Gasteiger partial charge in [-0.2, -0.15) is 0 Å². The van der Waals surface area contributed by atoms with E-state index in [1.807, 2.05) is 4.57 Å². The Labute approximate surface area is 94.7 Å². The number of hydrogen-bond acceptors (Lipinski definition) is 3.